The van der Waals surface area contributed by atoms with Crippen LogP contribution in [0.1, 0.15) is 11.6 Å². The second kappa shape index (κ2) is 8.57. The highest BCUT2D eigenvalue weighted by atomic mass is 19.1. The molecule has 0 bridgehead atoms. The SMILES string of the molecule is C#CCN(C)C/C=C/C(=O)N1CCOCC1c1cc(F)cc(F)c1. The van der Waals surface area contributed by atoms with E-state index in [1.165, 1.54) is 18.2 Å². The molecule has 4 nitrogen and oxygen atoms in total. The molecule has 0 spiro atoms. The first kappa shape index (κ1) is 18.1. The zero-order chi connectivity index (χ0) is 17.5. The summed E-state index contributed by atoms with van der Waals surface area (Å²) in [5.74, 6) is 0.953. The number of amides is 1. The van der Waals surface area contributed by atoms with Gasteiger partial charge in [-0.1, -0.05) is 12.0 Å². The predicted octanol–water partition coefficient (Wildman–Crippen LogP) is 1.99. The van der Waals surface area contributed by atoms with Crippen LogP contribution < -0.4 is 0 Å². The Morgan fingerprint density at radius 3 is 2.83 bits per heavy atom. The van der Waals surface area contributed by atoms with Crippen LogP contribution >= 0.6 is 0 Å². The maximum atomic E-state index is 13.5. The summed E-state index contributed by atoms with van der Waals surface area (Å²) in [6.07, 6.45) is 8.40. The van der Waals surface area contributed by atoms with Crippen LogP contribution in [0, 0.1) is 24.0 Å². The van der Waals surface area contributed by atoms with E-state index in [1.54, 1.807) is 11.0 Å². The first-order valence-electron chi connectivity index (χ1n) is 7.64. The number of ether oxygens (including phenoxy) is 1. The highest BCUT2D eigenvalue weighted by Gasteiger charge is 2.28. The lowest BCUT2D eigenvalue weighted by Crippen LogP contribution is -2.42. The molecule has 0 radical (unpaired) electrons. The molecule has 1 heterocycles. The quantitative estimate of drug-likeness (QED) is 0.610. The molecule has 1 fully saturated rings. The van der Waals surface area contributed by atoms with Gasteiger partial charge in [-0.05, 0) is 24.7 Å². The lowest BCUT2D eigenvalue weighted by atomic mass is 10.0. The van der Waals surface area contributed by atoms with Gasteiger partial charge in [0.25, 0.3) is 0 Å². The van der Waals surface area contributed by atoms with Crippen molar-refractivity contribution in [1.29, 1.82) is 0 Å². The molecule has 1 aliphatic rings. The van der Waals surface area contributed by atoms with Crippen molar-refractivity contribution in [2.24, 2.45) is 0 Å². The molecule has 0 aromatic heterocycles. The van der Waals surface area contributed by atoms with Crippen molar-refractivity contribution in [2.75, 3.05) is 39.9 Å². The molecule has 1 aromatic carbocycles. The summed E-state index contributed by atoms with van der Waals surface area (Å²) in [5, 5.41) is 0. The first-order valence-corrected chi connectivity index (χ1v) is 7.64. The van der Waals surface area contributed by atoms with Gasteiger partial charge in [-0.15, -0.1) is 6.42 Å². The molecule has 0 N–H and O–H groups in total. The van der Waals surface area contributed by atoms with E-state index in [9.17, 15) is 13.6 Å². The monoisotopic (exact) mass is 334 g/mol. The molecule has 1 aliphatic heterocycles. The number of likely N-dealkylation sites (N-methyl/N-ethyl adjacent to an activating group) is 1. The predicted molar refractivity (Wildman–Crippen MR) is 87.1 cm³/mol. The molecule has 1 aromatic rings. The van der Waals surface area contributed by atoms with Gasteiger partial charge in [0.15, 0.2) is 0 Å². The number of halogens is 2. The Kier molecular flexibility index (Phi) is 6.47. The van der Waals surface area contributed by atoms with Crippen LogP contribution in [0.15, 0.2) is 30.4 Å². The first-order chi connectivity index (χ1) is 11.5. The van der Waals surface area contributed by atoms with Crippen LogP contribution in [-0.2, 0) is 9.53 Å². The Balaban J connectivity index is 2.09. The summed E-state index contributed by atoms with van der Waals surface area (Å²) in [4.78, 5) is 15.9. The van der Waals surface area contributed by atoms with Gasteiger partial charge in [-0.2, -0.15) is 0 Å². The van der Waals surface area contributed by atoms with Gasteiger partial charge in [0, 0.05) is 25.2 Å². The fourth-order valence-corrected chi connectivity index (χ4v) is 2.56. The number of hydrogen-bond donors (Lipinski definition) is 0. The maximum absolute atomic E-state index is 13.5. The lowest BCUT2D eigenvalue weighted by Gasteiger charge is -2.35. The third kappa shape index (κ3) is 4.88. The maximum Gasteiger partial charge on any atom is 0.246 e. The van der Waals surface area contributed by atoms with E-state index in [-0.39, 0.29) is 12.5 Å². The number of nitrogens with zero attached hydrogens (tertiary/aromatic N) is 2. The van der Waals surface area contributed by atoms with Gasteiger partial charge in [0.1, 0.15) is 11.6 Å². The van der Waals surface area contributed by atoms with Crippen molar-refractivity contribution in [2.45, 2.75) is 6.04 Å². The van der Waals surface area contributed by atoms with Crippen molar-refractivity contribution in [3.63, 3.8) is 0 Å². The van der Waals surface area contributed by atoms with Gasteiger partial charge in [0.2, 0.25) is 5.91 Å². The zero-order valence-electron chi connectivity index (χ0n) is 13.5. The van der Waals surface area contributed by atoms with Crippen LogP contribution in [-0.4, -0.2) is 55.6 Å². The van der Waals surface area contributed by atoms with Crippen LogP contribution in [0.3, 0.4) is 0 Å². The zero-order valence-corrected chi connectivity index (χ0v) is 13.5. The van der Waals surface area contributed by atoms with Crippen LogP contribution in [0.4, 0.5) is 8.78 Å². The smallest absolute Gasteiger partial charge is 0.246 e. The molecule has 24 heavy (non-hydrogen) atoms. The molecule has 1 atom stereocenters. The Morgan fingerprint density at radius 1 is 1.46 bits per heavy atom. The molecule has 1 unspecified atom stereocenters. The average Bonchev–Trinajstić information content (AvgIpc) is 2.54. The number of hydrogen-bond acceptors (Lipinski definition) is 3. The fraction of sp³-hybridized carbons (Fsp3) is 0.389. The third-order valence-electron chi connectivity index (χ3n) is 3.72. The second-order valence-electron chi connectivity index (χ2n) is 5.63. The summed E-state index contributed by atoms with van der Waals surface area (Å²) in [6.45, 7) is 2.00. The van der Waals surface area contributed by atoms with E-state index in [4.69, 9.17) is 11.2 Å². The molecule has 1 saturated heterocycles. The van der Waals surface area contributed by atoms with E-state index < -0.39 is 17.7 Å². The average molecular weight is 334 g/mol. The fourth-order valence-electron chi connectivity index (χ4n) is 2.56. The minimum Gasteiger partial charge on any atom is -0.377 e. The van der Waals surface area contributed by atoms with Crippen molar-refractivity contribution >= 4 is 5.91 Å². The third-order valence-corrected chi connectivity index (χ3v) is 3.72. The Bertz CT molecular complexity index is 635. The molecule has 128 valence electrons. The van der Waals surface area contributed by atoms with Crippen LogP contribution in [0.2, 0.25) is 0 Å². The molecular weight excluding hydrogens is 314 g/mol. The molecular formula is C18H20F2N2O2. The summed E-state index contributed by atoms with van der Waals surface area (Å²) in [6, 6.07) is 2.75. The highest BCUT2D eigenvalue weighted by molar-refractivity contribution is 5.88. The number of rotatable bonds is 5. The topological polar surface area (TPSA) is 32.8 Å². The molecule has 0 saturated carbocycles. The highest BCUT2D eigenvalue weighted by Crippen LogP contribution is 2.26. The molecule has 1 amide bonds. The number of morpholine rings is 1. The van der Waals surface area contributed by atoms with Gasteiger partial charge in [-0.25, -0.2) is 8.78 Å². The summed E-state index contributed by atoms with van der Waals surface area (Å²) >= 11 is 0. The van der Waals surface area contributed by atoms with Crippen molar-refractivity contribution < 1.29 is 18.3 Å². The van der Waals surface area contributed by atoms with Gasteiger partial charge in [-0.3, -0.25) is 9.69 Å². The molecule has 0 aliphatic carbocycles. The number of carbonyl (C=O) groups excluding carboxylic acids is 1. The Labute approximate surface area is 140 Å². The summed E-state index contributed by atoms with van der Waals surface area (Å²) < 4.78 is 32.3. The van der Waals surface area contributed by atoms with E-state index in [0.29, 0.717) is 31.8 Å². The largest absolute Gasteiger partial charge is 0.377 e. The standard InChI is InChI=1S/C18H20F2N2O2/c1-3-6-21(2)7-4-5-18(23)22-8-9-24-13-17(22)14-10-15(19)12-16(20)11-14/h1,4-5,10-12,17H,6-9,13H2,2H3/b5-4+. The normalized spacial score (nSPS) is 18.1. The van der Waals surface area contributed by atoms with Crippen molar-refractivity contribution in [3.8, 4) is 12.3 Å². The van der Waals surface area contributed by atoms with Crippen LogP contribution in [0.5, 0.6) is 0 Å². The number of terminal acetylenes is 1. The Morgan fingerprint density at radius 2 is 2.17 bits per heavy atom. The van der Waals surface area contributed by atoms with E-state index in [2.05, 4.69) is 5.92 Å². The second-order valence-corrected chi connectivity index (χ2v) is 5.63. The molecule has 6 heteroatoms. The molecule has 2 rings (SSSR count). The van der Waals surface area contributed by atoms with Gasteiger partial charge >= 0.3 is 0 Å². The minimum atomic E-state index is -0.672. The van der Waals surface area contributed by atoms with Crippen LogP contribution in [0.25, 0.3) is 0 Å². The van der Waals surface area contributed by atoms with E-state index >= 15 is 0 Å². The summed E-state index contributed by atoms with van der Waals surface area (Å²) in [7, 11) is 1.85. The van der Waals surface area contributed by atoms with E-state index in [1.807, 2.05) is 11.9 Å². The summed E-state index contributed by atoms with van der Waals surface area (Å²) in [5.41, 5.74) is 0.387. The number of carbonyl (C=O) groups is 1. The van der Waals surface area contributed by atoms with Gasteiger partial charge in [0.05, 0.1) is 25.8 Å². The van der Waals surface area contributed by atoms with Crippen molar-refractivity contribution in [3.05, 3.63) is 47.5 Å². The van der Waals surface area contributed by atoms with Crippen molar-refractivity contribution in [1.82, 2.24) is 9.80 Å². The lowest BCUT2D eigenvalue weighted by molar-refractivity contribution is -0.134. The van der Waals surface area contributed by atoms with Gasteiger partial charge < -0.3 is 9.64 Å². The number of benzene rings is 1. The Hall–Kier alpha value is -2.23. The minimum absolute atomic E-state index is 0.208. The van der Waals surface area contributed by atoms with E-state index in [0.717, 1.165) is 6.07 Å².